The second-order valence-corrected chi connectivity index (χ2v) is 20.9. The Balaban J connectivity index is 2.28. The van der Waals surface area contributed by atoms with Crippen molar-refractivity contribution in [2.75, 3.05) is 34.4 Å². The van der Waals surface area contributed by atoms with Crippen molar-refractivity contribution in [3.05, 3.63) is 28.2 Å². The van der Waals surface area contributed by atoms with Gasteiger partial charge in [-0.15, -0.1) is 0 Å². The molecule has 0 aromatic heterocycles. The van der Waals surface area contributed by atoms with E-state index in [-0.39, 0.29) is 38.6 Å². The van der Waals surface area contributed by atoms with Gasteiger partial charge in [0.1, 0.15) is 67.0 Å². The van der Waals surface area contributed by atoms with E-state index in [4.69, 9.17) is 24.5 Å². The zero-order valence-electron chi connectivity index (χ0n) is 43.9. The van der Waals surface area contributed by atoms with Crippen LogP contribution in [0.2, 0.25) is 0 Å². The lowest BCUT2D eigenvalue weighted by atomic mass is 9.91. The Kier molecular flexibility index (Phi) is 25.1. The number of aliphatic hydroxyl groups is 1. The number of aliphatic hydroxyl groups excluding tert-OH is 1. The van der Waals surface area contributed by atoms with Crippen molar-refractivity contribution in [2.45, 2.75) is 167 Å². The van der Waals surface area contributed by atoms with Crippen molar-refractivity contribution in [3.8, 4) is 5.75 Å². The summed E-state index contributed by atoms with van der Waals surface area (Å²) in [6.45, 7) is 10.8. The Morgan fingerprint density at radius 1 is 0.919 bits per heavy atom. The Bertz CT molecular complexity index is 2240. The Labute approximate surface area is 442 Å². The first kappa shape index (κ1) is 63.3. The van der Waals surface area contributed by atoms with Crippen LogP contribution in [0.3, 0.4) is 0 Å². The van der Waals surface area contributed by atoms with Crippen molar-refractivity contribution < 1.29 is 74.8 Å². The molecule has 0 spiro atoms. The number of benzene rings is 1. The van der Waals surface area contributed by atoms with Gasteiger partial charge in [0, 0.05) is 20.6 Å². The minimum atomic E-state index is -5.00. The fraction of sp³-hybridized carbons (Fsp3) is 0.708. The molecule has 24 nitrogen and oxygen atoms in total. The number of fused-ring (bicyclic) bond motifs is 2. The number of hydrogen-bond acceptors (Lipinski definition) is 16. The highest BCUT2D eigenvalue weighted by molar-refractivity contribution is 9.10. The van der Waals surface area contributed by atoms with Gasteiger partial charge in [-0.1, -0.05) is 66.9 Å². The van der Waals surface area contributed by atoms with Crippen LogP contribution in [0.15, 0.2) is 22.7 Å². The molecule has 2 bridgehead atoms. The predicted molar refractivity (Wildman–Crippen MR) is 272 cm³/mol. The van der Waals surface area contributed by atoms with Crippen molar-refractivity contribution >= 4 is 73.6 Å². The molecule has 13 atom stereocenters. The van der Waals surface area contributed by atoms with Gasteiger partial charge < -0.3 is 61.4 Å². The number of carbonyl (C=O) groups is 8. The summed E-state index contributed by atoms with van der Waals surface area (Å²) in [5.74, 6) is -8.66. The number of nitrogens with zero attached hydrogens (tertiary/aromatic N) is 2. The summed E-state index contributed by atoms with van der Waals surface area (Å²) in [7, 11) is -1.08. The van der Waals surface area contributed by atoms with Crippen molar-refractivity contribution in [1.82, 2.24) is 36.4 Å². The van der Waals surface area contributed by atoms with Gasteiger partial charge in [-0.25, -0.2) is 8.98 Å². The molecule has 2 saturated heterocycles. The number of ether oxygens (including phenoxy) is 3. The van der Waals surface area contributed by atoms with Crippen LogP contribution in [0.4, 0.5) is 0 Å². The zero-order valence-corrected chi connectivity index (χ0v) is 46.3. The normalized spacial score (nSPS) is 25.9. The number of cyclic esters (lactones) is 1. The highest BCUT2D eigenvalue weighted by Gasteiger charge is 2.47. The van der Waals surface area contributed by atoms with Gasteiger partial charge in [0.15, 0.2) is 6.10 Å². The molecule has 7 amide bonds. The molecular formula is C48H77BrN8O16S. The zero-order chi connectivity index (χ0) is 55.8. The van der Waals surface area contributed by atoms with Crippen LogP contribution in [-0.2, 0) is 68.8 Å². The fourth-order valence-electron chi connectivity index (χ4n) is 8.57. The summed E-state index contributed by atoms with van der Waals surface area (Å²) in [4.78, 5) is 118. The van der Waals surface area contributed by atoms with Crippen LogP contribution >= 0.6 is 15.9 Å². The van der Waals surface area contributed by atoms with E-state index in [2.05, 4.69) is 46.7 Å². The molecule has 0 radical (unpaired) electrons. The fourth-order valence-corrected chi connectivity index (χ4v) is 9.46. The minimum Gasteiger partial charge on any atom is -0.496 e. The number of halogens is 1. The maximum absolute atomic E-state index is 15.0. The van der Waals surface area contributed by atoms with Gasteiger partial charge in [-0.2, -0.15) is 8.42 Å². The maximum atomic E-state index is 15.0. The molecular weight excluding hydrogens is 1060 g/mol. The highest BCUT2D eigenvalue weighted by Crippen LogP contribution is 2.30. The van der Waals surface area contributed by atoms with Crippen LogP contribution in [0.1, 0.15) is 105 Å². The summed E-state index contributed by atoms with van der Waals surface area (Å²) < 4.78 is 53.0. The van der Waals surface area contributed by atoms with Gasteiger partial charge in [0.05, 0.1) is 11.6 Å². The van der Waals surface area contributed by atoms with Crippen LogP contribution in [0, 0.1) is 17.8 Å². The van der Waals surface area contributed by atoms with Gasteiger partial charge in [0.25, 0.3) is 5.91 Å². The molecule has 9 N–H and O–H groups in total. The molecule has 3 rings (SSSR count). The minimum absolute atomic E-state index is 0.0283. The number of rotatable bonds is 21. The van der Waals surface area contributed by atoms with Crippen molar-refractivity contribution in [2.24, 2.45) is 23.5 Å². The van der Waals surface area contributed by atoms with Gasteiger partial charge >= 0.3 is 16.4 Å². The molecule has 2 aliphatic rings. The lowest BCUT2D eigenvalue weighted by Gasteiger charge is -2.44. The predicted octanol–water partition coefficient (Wildman–Crippen LogP) is 0.608. The molecule has 26 heteroatoms. The van der Waals surface area contributed by atoms with E-state index in [1.165, 1.54) is 26.0 Å². The van der Waals surface area contributed by atoms with Gasteiger partial charge in [-0.05, 0) is 97.0 Å². The molecule has 2 fully saturated rings. The second kappa shape index (κ2) is 29.3. The SMILES string of the molecule is CC[C@@H](C)[C@H]1C(=O)N(C)[C@@H](Cc2ccc(OC)c(Br)c2)C(=O)N[C@@H]([C@@H](C)CC)C(=O)O[C@H](C)[C@H](NC(=O)[C@@H](NC(=O)[C@@H](COS(=O)(=O)O)OC)[C@@H](C)CC)C(=O)N[C@@H](CCCCN)C(=O)N[C@H]2CC[C@@H](O)N1C2=O. The van der Waals surface area contributed by atoms with Gasteiger partial charge in [-0.3, -0.25) is 38.1 Å². The summed E-state index contributed by atoms with van der Waals surface area (Å²) >= 11 is 3.48. The third-order valence-electron chi connectivity index (χ3n) is 13.8. The van der Waals surface area contributed by atoms with E-state index in [0.717, 1.165) is 12.0 Å². The number of unbranched alkanes of at least 4 members (excludes halogenated alkanes) is 1. The van der Waals surface area contributed by atoms with Crippen LogP contribution < -0.4 is 37.1 Å². The molecule has 2 heterocycles. The first-order valence-corrected chi connectivity index (χ1v) is 27.1. The molecule has 418 valence electrons. The van der Waals surface area contributed by atoms with Crippen molar-refractivity contribution in [1.29, 1.82) is 0 Å². The van der Waals surface area contributed by atoms with E-state index in [1.54, 1.807) is 59.7 Å². The number of methoxy groups -OCH3 is 2. The Morgan fingerprint density at radius 2 is 1.58 bits per heavy atom. The number of likely N-dealkylation sites (N-methyl/N-ethyl adjacent to an activating group) is 1. The molecule has 0 saturated carbocycles. The summed E-state index contributed by atoms with van der Waals surface area (Å²) in [5.41, 5.74) is 6.35. The quantitative estimate of drug-likeness (QED) is 0.0475. The largest absolute Gasteiger partial charge is 0.496 e. The van der Waals surface area contributed by atoms with E-state index < -0.39 is 143 Å². The molecule has 0 aliphatic carbocycles. The number of nitrogens with one attached hydrogen (secondary N) is 5. The standard InChI is InChI=1S/C48H77BrN8O16S/c1-11-25(4)37(53-43(61)35(71-10)24-72-74(67,68)69)44(62)55-39-28(7)73-48(66)38(26(5)12-2)54-42(60)33(23-29-17-19-34(70-9)30(49)22-29)56(8)47(65)40(27(6)13-3)57-36(58)20-18-32(46(57)64)52-41(59)31(51-45(39)63)16-14-15-21-50/h17,19,22,25-28,31-33,35-40,58H,11-16,18,20-21,23-24,50H2,1-10H3,(H,51,63)(H,52,59)(H,53,61)(H,54,60)(H,55,62)(H,67,68,69)/t25-,26-,27+,28+,31-,32-,33-,35+,36+,37-,38-,39-,40-/m0/s1. The summed E-state index contributed by atoms with van der Waals surface area (Å²) in [6.07, 6.45) is -3.35. The van der Waals surface area contributed by atoms with E-state index in [9.17, 15) is 47.1 Å². The lowest BCUT2D eigenvalue weighted by Crippen LogP contribution is -2.66. The van der Waals surface area contributed by atoms with E-state index in [1.807, 2.05) is 0 Å². The number of nitrogens with two attached hydrogens (primary N) is 1. The van der Waals surface area contributed by atoms with E-state index >= 15 is 4.79 Å². The topological polar surface area (TPSA) is 341 Å². The molecule has 74 heavy (non-hydrogen) atoms. The number of amides is 7. The third kappa shape index (κ3) is 17.3. The van der Waals surface area contributed by atoms with Crippen LogP contribution in [0.5, 0.6) is 5.75 Å². The van der Waals surface area contributed by atoms with E-state index in [0.29, 0.717) is 41.5 Å². The number of esters is 1. The maximum Gasteiger partial charge on any atom is 0.397 e. The Hall–Kier alpha value is -4.99. The second-order valence-electron chi connectivity index (χ2n) is 19.0. The molecule has 0 unspecified atom stereocenters. The van der Waals surface area contributed by atoms with Crippen molar-refractivity contribution in [3.63, 3.8) is 0 Å². The molecule has 2 aliphatic heterocycles. The average Bonchev–Trinajstić information content (AvgIpc) is 3.35. The Morgan fingerprint density at radius 3 is 2.15 bits per heavy atom. The number of piperidine rings is 1. The van der Waals surface area contributed by atoms with Crippen LogP contribution in [0.25, 0.3) is 0 Å². The van der Waals surface area contributed by atoms with Gasteiger partial charge in [0.2, 0.25) is 35.4 Å². The smallest absolute Gasteiger partial charge is 0.397 e. The third-order valence-corrected chi connectivity index (χ3v) is 14.9. The molecule has 1 aromatic carbocycles. The first-order chi connectivity index (χ1) is 34.8. The lowest BCUT2D eigenvalue weighted by molar-refractivity contribution is -0.168. The molecule has 1 aromatic rings. The number of hydrogen-bond donors (Lipinski definition) is 8. The average molecular weight is 1130 g/mol. The first-order valence-electron chi connectivity index (χ1n) is 24.9. The summed E-state index contributed by atoms with van der Waals surface area (Å²) in [6, 6.07) is -5.06. The highest BCUT2D eigenvalue weighted by atomic mass is 79.9. The summed E-state index contributed by atoms with van der Waals surface area (Å²) in [5, 5.41) is 24.7. The number of carbonyl (C=O) groups excluding carboxylic acids is 8. The monoisotopic (exact) mass is 1130 g/mol. The van der Waals surface area contributed by atoms with Crippen LogP contribution in [-0.4, -0.2) is 170 Å².